The normalized spacial score (nSPS) is 17.4. The first kappa shape index (κ1) is 21.5. The van der Waals surface area contributed by atoms with E-state index in [4.69, 9.17) is 23.7 Å². The van der Waals surface area contributed by atoms with Gasteiger partial charge in [-0.3, -0.25) is 4.99 Å². The van der Waals surface area contributed by atoms with E-state index in [-0.39, 0.29) is 11.9 Å². The lowest BCUT2D eigenvalue weighted by molar-refractivity contribution is -0.145. The van der Waals surface area contributed by atoms with Crippen LogP contribution in [-0.4, -0.2) is 52.8 Å². The molecule has 2 atom stereocenters. The fourth-order valence-electron chi connectivity index (χ4n) is 3.63. The number of carbonyl (C=O) groups excluding carboxylic acids is 1. The minimum atomic E-state index is -0.571. The van der Waals surface area contributed by atoms with E-state index in [1.54, 1.807) is 35.4 Å². The molecule has 2 aromatic rings. The zero-order valence-electron chi connectivity index (χ0n) is 17.9. The molecule has 1 heterocycles. The van der Waals surface area contributed by atoms with Crippen LogP contribution in [0.3, 0.4) is 0 Å². The second kappa shape index (κ2) is 9.52. The van der Waals surface area contributed by atoms with Crippen molar-refractivity contribution in [3.05, 3.63) is 47.5 Å². The van der Waals surface area contributed by atoms with Crippen LogP contribution >= 0.6 is 0 Å². The Bertz CT molecular complexity index is 939. The van der Waals surface area contributed by atoms with E-state index in [1.165, 1.54) is 0 Å². The van der Waals surface area contributed by atoms with Gasteiger partial charge in [0.2, 0.25) is 0 Å². The lowest BCUT2D eigenvalue weighted by Gasteiger charge is -2.34. The maximum absolute atomic E-state index is 12.4. The van der Waals surface area contributed by atoms with E-state index in [9.17, 15) is 4.79 Å². The van der Waals surface area contributed by atoms with Crippen molar-refractivity contribution in [2.75, 3.05) is 35.0 Å². The monoisotopic (exact) mass is 413 g/mol. The maximum Gasteiger partial charge on any atom is 0.331 e. The number of methoxy groups -OCH3 is 4. The molecule has 0 amide bonds. The molecule has 1 aliphatic rings. The molecule has 0 bridgehead atoms. The first-order valence-electron chi connectivity index (χ1n) is 9.72. The van der Waals surface area contributed by atoms with Crippen LogP contribution in [0.4, 0.5) is 0 Å². The highest BCUT2D eigenvalue weighted by Gasteiger charge is 2.42. The van der Waals surface area contributed by atoms with Gasteiger partial charge in [0.15, 0.2) is 29.0 Å². The molecule has 0 saturated heterocycles. The first-order valence-corrected chi connectivity index (χ1v) is 9.72. The standard InChI is InChI=1S/C23H27NO6/c1-6-30-23(25)22-21(15-8-10-18(27-3)20(13-15)29-5)16(24-22)11-14-7-9-17(26-2)19(12-14)28-4/h7-10,12-13,21-22H,6,11H2,1-5H3. The number of benzene rings is 2. The summed E-state index contributed by atoms with van der Waals surface area (Å²) in [7, 11) is 6.38. The summed E-state index contributed by atoms with van der Waals surface area (Å²) >= 11 is 0. The Morgan fingerprint density at radius 2 is 1.47 bits per heavy atom. The predicted molar refractivity (Wildman–Crippen MR) is 113 cm³/mol. The lowest BCUT2D eigenvalue weighted by atomic mass is 9.79. The molecule has 2 aromatic carbocycles. The molecule has 0 spiro atoms. The molecule has 3 rings (SSSR count). The van der Waals surface area contributed by atoms with Crippen LogP contribution in [0, 0.1) is 0 Å². The summed E-state index contributed by atoms with van der Waals surface area (Å²) in [6, 6.07) is 10.8. The highest BCUT2D eigenvalue weighted by molar-refractivity contribution is 6.04. The summed E-state index contributed by atoms with van der Waals surface area (Å²) in [5, 5.41) is 0. The van der Waals surface area contributed by atoms with Gasteiger partial charge in [-0.25, -0.2) is 4.79 Å². The zero-order valence-corrected chi connectivity index (χ0v) is 17.9. The van der Waals surface area contributed by atoms with Gasteiger partial charge in [0.05, 0.1) is 41.0 Å². The number of aliphatic imine (C=N–C) groups is 1. The number of ether oxygens (including phenoxy) is 5. The van der Waals surface area contributed by atoms with Crippen LogP contribution in [-0.2, 0) is 16.0 Å². The molecule has 0 radical (unpaired) electrons. The van der Waals surface area contributed by atoms with Gasteiger partial charge in [-0.05, 0) is 42.3 Å². The summed E-state index contributed by atoms with van der Waals surface area (Å²) in [6.45, 7) is 2.10. The van der Waals surface area contributed by atoms with Gasteiger partial charge >= 0.3 is 5.97 Å². The van der Waals surface area contributed by atoms with Crippen molar-refractivity contribution in [1.29, 1.82) is 0 Å². The van der Waals surface area contributed by atoms with Crippen LogP contribution in [0.25, 0.3) is 0 Å². The molecule has 7 heteroatoms. The van der Waals surface area contributed by atoms with Crippen molar-refractivity contribution >= 4 is 11.7 Å². The van der Waals surface area contributed by atoms with Crippen LogP contribution < -0.4 is 18.9 Å². The van der Waals surface area contributed by atoms with Crippen LogP contribution in [0.5, 0.6) is 23.0 Å². The Morgan fingerprint density at radius 3 is 2.07 bits per heavy atom. The zero-order chi connectivity index (χ0) is 21.7. The molecule has 0 saturated carbocycles. The predicted octanol–water partition coefficient (Wildman–Crippen LogP) is 3.43. The first-order chi connectivity index (χ1) is 14.6. The number of rotatable bonds is 9. The third kappa shape index (κ3) is 4.20. The fraction of sp³-hybridized carbons (Fsp3) is 0.391. The number of carbonyl (C=O) groups is 1. The van der Waals surface area contributed by atoms with Crippen molar-refractivity contribution in [2.24, 2.45) is 4.99 Å². The SMILES string of the molecule is CCOC(=O)C1N=C(Cc2ccc(OC)c(OC)c2)C1c1ccc(OC)c(OC)c1. The van der Waals surface area contributed by atoms with Gasteiger partial charge in [0.25, 0.3) is 0 Å². The Hall–Kier alpha value is -3.22. The largest absolute Gasteiger partial charge is 0.493 e. The second-order valence-electron chi connectivity index (χ2n) is 6.78. The van der Waals surface area contributed by atoms with Gasteiger partial charge < -0.3 is 23.7 Å². The summed E-state index contributed by atoms with van der Waals surface area (Å²) in [5.41, 5.74) is 2.84. The highest BCUT2D eigenvalue weighted by Crippen LogP contribution is 2.39. The van der Waals surface area contributed by atoms with Crippen molar-refractivity contribution in [3.8, 4) is 23.0 Å². The molecule has 7 nitrogen and oxygen atoms in total. The molecular weight excluding hydrogens is 386 g/mol. The van der Waals surface area contributed by atoms with Crippen molar-refractivity contribution < 1.29 is 28.5 Å². The summed E-state index contributed by atoms with van der Waals surface area (Å²) in [4.78, 5) is 17.0. The van der Waals surface area contributed by atoms with Crippen molar-refractivity contribution in [3.63, 3.8) is 0 Å². The van der Waals surface area contributed by atoms with Gasteiger partial charge in [-0.15, -0.1) is 0 Å². The van der Waals surface area contributed by atoms with Crippen LogP contribution in [0.1, 0.15) is 24.0 Å². The minimum absolute atomic E-state index is 0.197. The third-order valence-electron chi connectivity index (χ3n) is 5.11. The van der Waals surface area contributed by atoms with E-state index >= 15 is 0 Å². The number of hydrogen-bond donors (Lipinski definition) is 0. The summed E-state index contributed by atoms with van der Waals surface area (Å²) < 4.78 is 26.7. The smallest absolute Gasteiger partial charge is 0.331 e. The van der Waals surface area contributed by atoms with Crippen molar-refractivity contribution in [2.45, 2.75) is 25.3 Å². The van der Waals surface area contributed by atoms with Gasteiger partial charge in [0, 0.05) is 12.1 Å². The number of nitrogens with zero attached hydrogens (tertiary/aromatic N) is 1. The van der Waals surface area contributed by atoms with E-state index in [1.807, 2.05) is 36.4 Å². The lowest BCUT2D eigenvalue weighted by Crippen LogP contribution is -2.43. The Morgan fingerprint density at radius 1 is 0.867 bits per heavy atom. The molecule has 0 aliphatic carbocycles. The minimum Gasteiger partial charge on any atom is -0.493 e. The quantitative estimate of drug-likeness (QED) is 0.587. The van der Waals surface area contributed by atoms with E-state index < -0.39 is 6.04 Å². The Labute approximate surface area is 176 Å². The Kier molecular flexibility index (Phi) is 6.82. The highest BCUT2D eigenvalue weighted by atomic mass is 16.5. The van der Waals surface area contributed by atoms with Crippen molar-refractivity contribution in [1.82, 2.24) is 0 Å². The molecular formula is C23H27NO6. The van der Waals surface area contributed by atoms with E-state index in [0.29, 0.717) is 36.0 Å². The van der Waals surface area contributed by atoms with Gasteiger partial charge in [-0.2, -0.15) is 0 Å². The topological polar surface area (TPSA) is 75.6 Å². The molecule has 0 N–H and O–H groups in total. The fourth-order valence-corrected chi connectivity index (χ4v) is 3.63. The maximum atomic E-state index is 12.4. The molecule has 30 heavy (non-hydrogen) atoms. The van der Waals surface area contributed by atoms with Gasteiger partial charge in [-0.1, -0.05) is 12.1 Å². The summed E-state index contributed by atoms with van der Waals surface area (Å²) in [5.74, 6) is 2.03. The summed E-state index contributed by atoms with van der Waals surface area (Å²) in [6.07, 6.45) is 0.579. The van der Waals surface area contributed by atoms with E-state index in [0.717, 1.165) is 16.8 Å². The average Bonchev–Trinajstić information content (AvgIpc) is 2.76. The number of hydrogen-bond acceptors (Lipinski definition) is 7. The van der Waals surface area contributed by atoms with Gasteiger partial charge in [0.1, 0.15) is 0 Å². The average molecular weight is 413 g/mol. The third-order valence-corrected chi connectivity index (χ3v) is 5.11. The second-order valence-corrected chi connectivity index (χ2v) is 6.78. The molecule has 0 fully saturated rings. The van der Waals surface area contributed by atoms with Crippen LogP contribution in [0.15, 0.2) is 41.4 Å². The molecule has 1 aliphatic heterocycles. The number of esters is 1. The molecule has 160 valence electrons. The Balaban J connectivity index is 1.92. The van der Waals surface area contributed by atoms with E-state index in [2.05, 4.69) is 4.99 Å². The van der Waals surface area contributed by atoms with Crippen LogP contribution in [0.2, 0.25) is 0 Å². The molecule has 2 unspecified atom stereocenters. The molecule has 0 aromatic heterocycles.